The number of rotatable bonds is 2. The van der Waals surface area contributed by atoms with Crippen molar-refractivity contribution in [2.75, 3.05) is 13.1 Å². The van der Waals surface area contributed by atoms with E-state index >= 15 is 0 Å². The second kappa shape index (κ2) is 3.92. The first-order valence-electron chi connectivity index (χ1n) is 5.78. The van der Waals surface area contributed by atoms with E-state index in [0.29, 0.717) is 11.4 Å². The number of hydrogen-bond acceptors (Lipinski definition) is 4. The molecule has 2 N–H and O–H groups in total. The summed E-state index contributed by atoms with van der Waals surface area (Å²) in [5, 5.41) is 18.2. The average molecular weight is 233 g/mol. The zero-order valence-electron chi connectivity index (χ0n) is 9.68. The summed E-state index contributed by atoms with van der Waals surface area (Å²) < 4.78 is 7.51. The molecule has 0 saturated carbocycles. The molecule has 0 spiro atoms. The summed E-state index contributed by atoms with van der Waals surface area (Å²) in [4.78, 5) is 0. The van der Waals surface area contributed by atoms with Crippen molar-refractivity contribution >= 4 is 10.9 Å². The van der Waals surface area contributed by atoms with Gasteiger partial charge in [-0.15, -0.1) is 5.10 Å². The zero-order valence-corrected chi connectivity index (χ0v) is 9.68. The van der Waals surface area contributed by atoms with Gasteiger partial charge in [0.2, 0.25) is 5.88 Å². The summed E-state index contributed by atoms with van der Waals surface area (Å²) in [7, 11) is 1.81. The number of para-hydroxylation sites is 1. The largest absolute Gasteiger partial charge is 0.506 e. The Morgan fingerprint density at radius 3 is 3.18 bits per heavy atom. The van der Waals surface area contributed by atoms with Gasteiger partial charge in [-0.25, -0.2) is 0 Å². The number of nitrogens with zero attached hydrogens (tertiary/aromatic N) is 2. The molecule has 1 saturated heterocycles. The van der Waals surface area contributed by atoms with Crippen LogP contribution >= 0.6 is 0 Å². The van der Waals surface area contributed by atoms with Gasteiger partial charge in [-0.05, 0) is 25.1 Å². The Bertz CT molecular complexity index is 544. The van der Waals surface area contributed by atoms with Crippen molar-refractivity contribution in [3.05, 3.63) is 18.2 Å². The van der Waals surface area contributed by atoms with Crippen LogP contribution in [0, 0.1) is 0 Å². The van der Waals surface area contributed by atoms with Crippen molar-refractivity contribution in [1.82, 2.24) is 15.1 Å². The Hall–Kier alpha value is -1.75. The van der Waals surface area contributed by atoms with Crippen molar-refractivity contribution in [2.45, 2.75) is 12.5 Å². The molecule has 1 aromatic carbocycles. The molecule has 0 aliphatic carbocycles. The lowest BCUT2D eigenvalue weighted by Crippen LogP contribution is -2.19. The van der Waals surface area contributed by atoms with Crippen LogP contribution in [0.2, 0.25) is 0 Å². The van der Waals surface area contributed by atoms with E-state index in [0.717, 1.165) is 24.9 Å². The fourth-order valence-corrected chi connectivity index (χ4v) is 2.26. The molecular formula is C12H15N3O2. The van der Waals surface area contributed by atoms with Crippen LogP contribution in [0.5, 0.6) is 11.6 Å². The van der Waals surface area contributed by atoms with Gasteiger partial charge in [0.05, 0.1) is 5.39 Å². The predicted molar refractivity (Wildman–Crippen MR) is 64.3 cm³/mol. The van der Waals surface area contributed by atoms with E-state index < -0.39 is 0 Å². The molecule has 90 valence electrons. The van der Waals surface area contributed by atoms with Gasteiger partial charge in [0.25, 0.3) is 0 Å². The molecule has 1 aromatic heterocycles. The van der Waals surface area contributed by atoms with Crippen LogP contribution in [0.1, 0.15) is 6.42 Å². The molecule has 3 rings (SSSR count). The Labute approximate surface area is 99.0 Å². The van der Waals surface area contributed by atoms with E-state index in [4.69, 9.17) is 4.74 Å². The molecule has 5 heteroatoms. The Kier molecular flexibility index (Phi) is 2.40. The normalized spacial score (nSPS) is 19.9. The highest BCUT2D eigenvalue weighted by molar-refractivity contribution is 5.89. The number of hydrogen-bond donors (Lipinski definition) is 2. The number of ether oxygens (including phenoxy) is 1. The van der Waals surface area contributed by atoms with Crippen LogP contribution in [0.4, 0.5) is 0 Å². The molecular weight excluding hydrogens is 218 g/mol. The molecule has 17 heavy (non-hydrogen) atoms. The third kappa shape index (κ3) is 1.72. The fraction of sp³-hybridized carbons (Fsp3) is 0.417. The first-order chi connectivity index (χ1) is 8.25. The van der Waals surface area contributed by atoms with E-state index in [1.54, 1.807) is 16.8 Å². The number of benzene rings is 1. The van der Waals surface area contributed by atoms with E-state index in [1.807, 2.05) is 13.1 Å². The number of phenolic OH excluding ortho intramolecular Hbond substituents is 1. The van der Waals surface area contributed by atoms with Crippen LogP contribution in [0.3, 0.4) is 0 Å². The molecule has 1 atom stereocenters. The first kappa shape index (κ1) is 10.4. The summed E-state index contributed by atoms with van der Waals surface area (Å²) in [5.41, 5.74) is 0.716. The Morgan fingerprint density at radius 2 is 2.41 bits per heavy atom. The third-order valence-electron chi connectivity index (χ3n) is 3.10. The maximum atomic E-state index is 9.80. The third-order valence-corrected chi connectivity index (χ3v) is 3.10. The van der Waals surface area contributed by atoms with Gasteiger partial charge in [0.1, 0.15) is 17.4 Å². The minimum Gasteiger partial charge on any atom is -0.506 e. The molecule has 1 unspecified atom stereocenters. The average Bonchev–Trinajstić information content (AvgIpc) is 2.90. The molecule has 1 fully saturated rings. The Morgan fingerprint density at radius 1 is 1.53 bits per heavy atom. The number of fused-ring (bicyclic) bond motifs is 1. The number of nitrogens with one attached hydrogen (secondary N) is 1. The van der Waals surface area contributed by atoms with Crippen molar-refractivity contribution in [2.24, 2.45) is 7.05 Å². The number of aromatic hydroxyl groups is 1. The summed E-state index contributed by atoms with van der Waals surface area (Å²) in [6.45, 7) is 1.84. The van der Waals surface area contributed by atoms with E-state index in [1.165, 1.54) is 0 Å². The predicted octanol–water partition coefficient (Wildman–Crippen LogP) is 1.02. The van der Waals surface area contributed by atoms with Crippen molar-refractivity contribution in [3.63, 3.8) is 0 Å². The molecule has 0 bridgehead atoms. The smallest absolute Gasteiger partial charge is 0.241 e. The Balaban J connectivity index is 2.01. The number of phenols is 1. The van der Waals surface area contributed by atoms with Gasteiger partial charge in [0.15, 0.2) is 0 Å². The van der Waals surface area contributed by atoms with E-state index in [9.17, 15) is 5.11 Å². The summed E-state index contributed by atoms with van der Waals surface area (Å²) >= 11 is 0. The lowest BCUT2D eigenvalue weighted by atomic mass is 10.2. The van der Waals surface area contributed by atoms with Gasteiger partial charge >= 0.3 is 0 Å². The van der Waals surface area contributed by atoms with E-state index in [2.05, 4.69) is 10.4 Å². The van der Waals surface area contributed by atoms with E-state index in [-0.39, 0.29) is 11.9 Å². The van der Waals surface area contributed by atoms with Gasteiger partial charge in [0, 0.05) is 13.6 Å². The lowest BCUT2D eigenvalue weighted by molar-refractivity contribution is 0.215. The highest BCUT2D eigenvalue weighted by Crippen LogP contribution is 2.31. The standard InChI is InChI=1S/C12H15N3O2/c1-15-11-9(3-2-4-10(11)16)12(14-15)17-8-5-6-13-7-8/h2-4,8,13,16H,5-7H2,1H3. The second-order valence-corrected chi connectivity index (χ2v) is 4.33. The van der Waals surface area contributed by atoms with Crippen LogP contribution in [0.25, 0.3) is 10.9 Å². The highest BCUT2D eigenvalue weighted by Gasteiger charge is 2.20. The monoisotopic (exact) mass is 233 g/mol. The first-order valence-corrected chi connectivity index (χ1v) is 5.78. The number of aromatic nitrogens is 2. The lowest BCUT2D eigenvalue weighted by Gasteiger charge is -2.09. The maximum absolute atomic E-state index is 9.80. The molecule has 1 aliphatic rings. The molecule has 0 amide bonds. The maximum Gasteiger partial charge on any atom is 0.241 e. The molecule has 2 aromatic rings. The van der Waals surface area contributed by atoms with Gasteiger partial charge < -0.3 is 15.2 Å². The topological polar surface area (TPSA) is 59.3 Å². The number of aryl methyl sites for hydroxylation is 1. The summed E-state index contributed by atoms with van der Waals surface area (Å²) in [5.74, 6) is 0.837. The highest BCUT2D eigenvalue weighted by atomic mass is 16.5. The van der Waals surface area contributed by atoms with Crippen molar-refractivity contribution in [3.8, 4) is 11.6 Å². The molecule has 1 aliphatic heterocycles. The van der Waals surface area contributed by atoms with Gasteiger partial charge in [-0.1, -0.05) is 6.07 Å². The summed E-state index contributed by atoms with van der Waals surface area (Å²) in [6, 6.07) is 5.38. The minimum atomic E-state index is 0.176. The second-order valence-electron chi connectivity index (χ2n) is 4.33. The van der Waals surface area contributed by atoms with Gasteiger partial charge in [-0.3, -0.25) is 4.68 Å². The molecule has 0 radical (unpaired) electrons. The van der Waals surface area contributed by atoms with Crippen molar-refractivity contribution in [1.29, 1.82) is 0 Å². The summed E-state index contributed by atoms with van der Waals surface area (Å²) in [6.07, 6.45) is 1.17. The SMILES string of the molecule is Cn1nc(OC2CCNC2)c2cccc(O)c21. The quantitative estimate of drug-likeness (QED) is 0.813. The van der Waals surface area contributed by atoms with Crippen LogP contribution in [0.15, 0.2) is 18.2 Å². The van der Waals surface area contributed by atoms with Crippen LogP contribution < -0.4 is 10.1 Å². The van der Waals surface area contributed by atoms with Crippen LogP contribution in [-0.2, 0) is 7.05 Å². The fourth-order valence-electron chi connectivity index (χ4n) is 2.26. The zero-order chi connectivity index (χ0) is 11.8. The van der Waals surface area contributed by atoms with Crippen LogP contribution in [-0.4, -0.2) is 34.1 Å². The van der Waals surface area contributed by atoms with Crippen molar-refractivity contribution < 1.29 is 9.84 Å². The molecule has 2 heterocycles. The van der Waals surface area contributed by atoms with Gasteiger partial charge in [-0.2, -0.15) is 0 Å². The molecule has 5 nitrogen and oxygen atoms in total. The minimum absolute atomic E-state index is 0.176.